The minimum absolute atomic E-state index is 0.0365. The van der Waals surface area contributed by atoms with Gasteiger partial charge in [-0.3, -0.25) is 0 Å². The second kappa shape index (κ2) is 15.3. The highest BCUT2D eigenvalue weighted by Crippen LogP contribution is 2.45. The molecule has 2 fully saturated rings. The minimum Gasteiger partial charge on any atom is -0.198 e. The number of nitriles is 1. The van der Waals surface area contributed by atoms with Crippen molar-refractivity contribution in [1.82, 2.24) is 0 Å². The molecule has 0 aromatic rings. The van der Waals surface area contributed by atoms with E-state index >= 15 is 0 Å². The number of hydrogen-bond acceptors (Lipinski definition) is 1. The fraction of sp³-hybridized carbons (Fsp3) is 0.966. The lowest BCUT2D eigenvalue weighted by Gasteiger charge is -2.37. The quantitative estimate of drug-likeness (QED) is 0.244. The molecule has 30 heavy (non-hydrogen) atoms. The van der Waals surface area contributed by atoms with Crippen LogP contribution in [0.25, 0.3) is 0 Å². The summed E-state index contributed by atoms with van der Waals surface area (Å²) in [5, 5.41) is 9.98. The van der Waals surface area contributed by atoms with Crippen molar-refractivity contribution in [1.29, 1.82) is 5.26 Å². The lowest BCUT2D eigenvalue weighted by molar-refractivity contribution is 0.162. The van der Waals surface area contributed by atoms with Gasteiger partial charge < -0.3 is 0 Å². The molecule has 2 rings (SSSR count). The molecule has 0 amide bonds. The van der Waals surface area contributed by atoms with Crippen molar-refractivity contribution in [3.05, 3.63) is 0 Å². The van der Waals surface area contributed by atoms with Crippen LogP contribution in [0, 0.1) is 34.5 Å². The Labute approximate surface area is 189 Å². The highest BCUT2D eigenvalue weighted by Gasteiger charge is 2.36. The van der Waals surface area contributed by atoms with Gasteiger partial charge in [0.15, 0.2) is 0 Å². The van der Waals surface area contributed by atoms with Crippen molar-refractivity contribution < 1.29 is 0 Å². The molecule has 0 atom stereocenters. The summed E-state index contributed by atoms with van der Waals surface area (Å²) in [5.74, 6) is 2.85. The van der Waals surface area contributed by atoms with Gasteiger partial charge in [0.05, 0.1) is 11.5 Å². The summed E-state index contributed by atoms with van der Waals surface area (Å²) in [6.07, 6.45) is 30.5. The van der Waals surface area contributed by atoms with E-state index in [2.05, 4.69) is 19.9 Å². The van der Waals surface area contributed by atoms with Crippen LogP contribution in [-0.4, -0.2) is 0 Å². The van der Waals surface area contributed by atoms with Crippen LogP contribution in [0.5, 0.6) is 0 Å². The molecule has 1 heteroatoms. The molecule has 0 heterocycles. The summed E-state index contributed by atoms with van der Waals surface area (Å²) in [6, 6.07) is 2.81. The molecule has 2 aliphatic rings. The maximum atomic E-state index is 9.98. The predicted molar refractivity (Wildman–Crippen MR) is 131 cm³/mol. The summed E-state index contributed by atoms with van der Waals surface area (Å²) in [4.78, 5) is 0. The molecule has 0 aromatic carbocycles. The molecular formula is C29H53N. The largest absolute Gasteiger partial charge is 0.198 e. The molecule has 0 saturated heterocycles. The molecular weight excluding hydrogens is 362 g/mol. The van der Waals surface area contributed by atoms with E-state index in [0.717, 1.165) is 17.8 Å². The van der Waals surface area contributed by atoms with E-state index in [0.29, 0.717) is 0 Å². The fourth-order valence-electron chi connectivity index (χ4n) is 6.30. The Morgan fingerprint density at radius 2 is 1.03 bits per heavy atom. The fourth-order valence-corrected chi connectivity index (χ4v) is 6.30. The Kier molecular flexibility index (Phi) is 13.1. The smallest absolute Gasteiger partial charge is 0.0689 e. The van der Waals surface area contributed by atoms with Crippen LogP contribution in [0.1, 0.15) is 155 Å². The first kappa shape index (κ1) is 25.7. The van der Waals surface area contributed by atoms with Crippen molar-refractivity contribution >= 4 is 0 Å². The van der Waals surface area contributed by atoms with Gasteiger partial charge in [-0.25, -0.2) is 0 Å². The van der Waals surface area contributed by atoms with E-state index < -0.39 is 0 Å². The van der Waals surface area contributed by atoms with E-state index in [1.165, 1.54) is 141 Å². The molecule has 0 aromatic heterocycles. The summed E-state index contributed by atoms with van der Waals surface area (Å²) in [7, 11) is 0. The Bertz CT molecular complexity index is 445. The number of rotatable bonds is 15. The Hall–Kier alpha value is -0.510. The Balaban J connectivity index is 1.57. The van der Waals surface area contributed by atoms with Crippen LogP contribution in [0.2, 0.25) is 0 Å². The number of unbranched alkanes of at least 4 members (excludes halogenated alkanes) is 8. The molecule has 1 nitrogen and oxygen atoms in total. The van der Waals surface area contributed by atoms with Crippen molar-refractivity contribution in [2.75, 3.05) is 0 Å². The first-order valence-corrected chi connectivity index (χ1v) is 14.1. The van der Waals surface area contributed by atoms with E-state index in [4.69, 9.17) is 0 Å². The first-order valence-electron chi connectivity index (χ1n) is 14.1. The Morgan fingerprint density at radius 1 is 0.600 bits per heavy atom. The topological polar surface area (TPSA) is 23.8 Å². The van der Waals surface area contributed by atoms with E-state index in [-0.39, 0.29) is 5.41 Å². The molecule has 0 N–H and O–H groups in total. The van der Waals surface area contributed by atoms with Crippen molar-refractivity contribution in [2.45, 2.75) is 155 Å². The van der Waals surface area contributed by atoms with Crippen LogP contribution in [0.15, 0.2) is 0 Å². The molecule has 0 radical (unpaired) electrons. The van der Waals surface area contributed by atoms with Crippen LogP contribution >= 0.6 is 0 Å². The van der Waals surface area contributed by atoms with E-state index in [1.54, 1.807) is 0 Å². The predicted octanol–water partition coefficient (Wildman–Crippen LogP) is 9.99. The van der Waals surface area contributed by atoms with Crippen LogP contribution in [0.4, 0.5) is 0 Å². The monoisotopic (exact) mass is 415 g/mol. The second-order valence-corrected chi connectivity index (χ2v) is 11.2. The van der Waals surface area contributed by atoms with Gasteiger partial charge in [0.2, 0.25) is 0 Å². The molecule has 174 valence electrons. The lowest BCUT2D eigenvalue weighted by atomic mass is 9.66. The Morgan fingerprint density at radius 3 is 1.50 bits per heavy atom. The summed E-state index contributed by atoms with van der Waals surface area (Å²) in [5.41, 5.74) is 0.0365. The molecule has 0 spiro atoms. The lowest BCUT2D eigenvalue weighted by Crippen LogP contribution is -2.27. The summed E-state index contributed by atoms with van der Waals surface area (Å²) in [6.45, 7) is 4.60. The van der Waals surface area contributed by atoms with Crippen LogP contribution < -0.4 is 0 Å². The van der Waals surface area contributed by atoms with E-state index in [1.807, 2.05) is 0 Å². The third kappa shape index (κ3) is 9.75. The number of hydrogen-bond donors (Lipinski definition) is 0. The molecule has 2 aliphatic carbocycles. The third-order valence-electron chi connectivity index (χ3n) is 8.73. The third-order valence-corrected chi connectivity index (χ3v) is 8.73. The normalized spacial score (nSPS) is 29.6. The summed E-state index contributed by atoms with van der Waals surface area (Å²) < 4.78 is 0. The maximum absolute atomic E-state index is 9.98. The van der Waals surface area contributed by atoms with Crippen LogP contribution in [-0.2, 0) is 0 Å². The minimum atomic E-state index is 0.0365. The average Bonchev–Trinajstić information content (AvgIpc) is 2.79. The van der Waals surface area contributed by atoms with Gasteiger partial charge in [-0.05, 0) is 56.3 Å². The van der Waals surface area contributed by atoms with Gasteiger partial charge in [0.25, 0.3) is 0 Å². The zero-order valence-corrected chi connectivity index (χ0v) is 20.7. The van der Waals surface area contributed by atoms with Gasteiger partial charge in [-0.2, -0.15) is 5.26 Å². The van der Waals surface area contributed by atoms with Gasteiger partial charge in [0, 0.05) is 0 Å². The van der Waals surface area contributed by atoms with Crippen molar-refractivity contribution in [3.63, 3.8) is 0 Å². The first-order chi connectivity index (χ1) is 14.7. The van der Waals surface area contributed by atoms with E-state index in [9.17, 15) is 5.26 Å². The highest BCUT2D eigenvalue weighted by molar-refractivity contribution is 5.01. The second-order valence-electron chi connectivity index (χ2n) is 11.2. The number of nitrogens with zero attached hydrogens (tertiary/aromatic N) is 1. The zero-order chi connectivity index (χ0) is 21.5. The van der Waals surface area contributed by atoms with Gasteiger partial charge in [-0.1, -0.05) is 117 Å². The molecule has 0 unspecified atom stereocenters. The van der Waals surface area contributed by atoms with Crippen molar-refractivity contribution in [3.8, 4) is 6.07 Å². The SMILES string of the molecule is CCCCCCCC1CCC(CCC2(C#N)CCC(CCCCCCC)CC2)CC1. The zero-order valence-electron chi connectivity index (χ0n) is 20.7. The van der Waals surface area contributed by atoms with Gasteiger partial charge >= 0.3 is 0 Å². The maximum Gasteiger partial charge on any atom is 0.0689 e. The highest BCUT2D eigenvalue weighted by atomic mass is 14.4. The average molecular weight is 416 g/mol. The standard InChI is InChI=1S/C29H53N/c1-3-5-7-9-11-13-26-15-17-28(18-16-26)21-24-29(25-30)22-19-27(20-23-29)14-12-10-8-6-4-2/h26-28H,3-24H2,1-2H3. The van der Waals surface area contributed by atoms with Gasteiger partial charge in [-0.15, -0.1) is 0 Å². The molecule has 2 saturated carbocycles. The molecule has 0 aliphatic heterocycles. The summed E-state index contributed by atoms with van der Waals surface area (Å²) >= 11 is 0. The molecule has 0 bridgehead atoms. The van der Waals surface area contributed by atoms with Crippen molar-refractivity contribution in [2.24, 2.45) is 23.2 Å². The van der Waals surface area contributed by atoms with Crippen LogP contribution in [0.3, 0.4) is 0 Å². The van der Waals surface area contributed by atoms with Gasteiger partial charge in [0.1, 0.15) is 0 Å².